The molecule has 0 bridgehead atoms. The number of halogens is 1. The molecule has 2 aromatic carbocycles. The van der Waals surface area contributed by atoms with Crippen molar-refractivity contribution in [1.29, 1.82) is 0 Å². The summed E-state index contributed by atoms with van der Waals surface area (Å²) in [6.45, 7) is 4.33. The van der Waals surface area contributed by atoms with E-state index in [0.717, 1.165) is 20.7 Å². The average molecular weight is 360 g/mol. The summed E-state index contributed by atoms with van der Waals surface area (Å²) in [5, 5.41) is 1.55. The lowest BCUT2D eigenvalue weighted by atomic mass is 10.0. The summed E-state index contributed by atoms with van der Waals surface area (Å²) < 4.78 is 4.91. The maximum atomic E-state index is 12.1. The van der Waals surface area contributed by atoms with E-state index in [1.165, 1.54) is 24.4 Å². The Morgan fingerprint density at radius 3 is 2.50 bits per heavy atom. The Bertz CT molecular complexity index is 884. The van der Waals surface area contributed by atoms with Crippen LogP contribution in [0.1, 0.15) is 35.8 Å². The molecule has 0 spiro atoms. The Hall–Kier alpha value is -1.91. The van der Waals surface area contributed by atoms with Crippen molar-refractivity contribution in [3.05, 3.63) is 58.7 Å². The van der Waals surface area contributed by atoms with E-state index >= 15 is 0 Å². The minimum absolute atomic E-state index is 0.386. The lowest BCUT2D eigenvalue weighted by Gasteiger charge is -2.07. The molecule has 0 radical (unpaired) electrons. The van der Waals surface area contributed by atoms with Crippen molar-refractivity contribution in [3.63, 3.8) is 0 Å². The lowest BCUT2D eigenvalue weighted by Crippen LogP contribution is -2.02. The first-order valence-electron chi connectivity index (χ1n) is 7.67. The maximum Gasteiger partial charge on any atom is 0.355 e. The fourth-order valence-corrected chi connectivity index (χ4v) is 3.73. The van der Waals surface area contributed by atoms with Crippen LogP contribution in [0.3, 0.4) is 0 Å². The summed E-state index contributed by atoms with van der Waals surface area (Å²) >= 11 is 7.67. The van der Waals surface area contributed by atoms with Gasteiger partial charge in [0.05, 0.1) is 12.0 Å². The van der Waals surface area contributed by atoms with Crippen LogP contribution in [0.25, 0.3) is 10.9 Å². The highest BCUT2D eigenvalue weighted by Gasteiger charge is 2.19. The molecule has 3 nitrogen and oxygen atoms in total. The Labute approximate surface area is 150 Å². The Kier molecular flexibility index (Phi) is 4.88. The first kappa shape index (κ1) is 16.9. The van der Waals surface area contributed by atoms with Crippen molar-refractivity contribution >= 4 is 40.2 Å². The highest BCUT2D eigenvalue weighted by Crippen LogP contribution is 2.38. The van der Waals surface area contributed by atoms with Crippen LogP contribution in [-0.4, -0.2) is 18.1 Å². The highest BCUT2D eigenvalue weighted by atomic mass is 35.5. The molecule has 0 fully saturated rings. The SMILES string of the molecule is COC(=O)c1[nH]c2ccc(Cl)cc2c1Sc1ccc(C(C)C)cc1. The maximum absolute atomic E-state index is 12.1. The molecule has 0 atom stereocenters. The number of H-pyrrole nitrogens is 1. The monoisotopic (exact) mass is 359 g/mol. The predicted molar refractivity (Wildman–Crippen MR) is 99.3 cm³/mol. The smallest absolute Gasteiger partial charge is 0.355 e. The molecule has 3 rings (SSSR count). The predicted octanol–water partition coefficient (Wildman–Crippen LogP) is 5.88. The summed E-state index contributed by atoms with van der Waals surface area (Å²) in [5.41, 5.74) is 2.60. The van der Waals surface area contributed by atoms with Crippen molar-refractivity contribution in [2.75, 3.05) is 7.11 Å². The van der Waals surface area contributed by atoms with Gasteiger partial charge < -0.3 is 9.72 Å². The van der Waals surface area contributed by atoms with E-state index in [-0.39, 0.29) is 5.97 Å². The molecule has 0 saturated heterocycles. The van der Waals surface area contributed by atoms with Gasteiger partial charge in [-0.1, -0.05) is 49.3 Å². The number of rotatable bonds is 4. The van der Waals surface area contributed by atoms with Gasteiger partial charge in [0.2, 0.25) is 0 Å². The number of aromatic nitrogens is 1. The minimum atomic E-state index is -0.386. The van der Waals surface area contributed by atoms with E-state index in [9.17, 15) is 4.79 Å². The van der Waals surface area contributed by atoms with Crippen LogP contribution < -0.4 is 0 Å². The summed E-state index contributed by atoms with van der Waals surface area (Å²) in [7, 11) is 1.38. The third kappa shape index (κ3) is 3.30. The van der Waals surface area contributed by atoms with E-state index in [4.69, 9.17) is 16.3 Å². The quantitative estimate of drug-likeness (QED) is 0.591. The van der Waals surface area contributed by atoms with Crippen LogP contribution in [0.2, 0.25) is 5.02 Å². The number of carbonyl (C=O) groups is 1. The van der Waals surface area contributed by atoms with E-state index < -0.39 is 0 Å². The van der Waals surface area contributed by atoms with Crippen molar-refractivity contribution < 1.29 is 9.53 Å². The van der Waals surface area contributed by atoms with Gasteiger partial charge in [0, 0.05) is 20.8 Å². The largest absolute Gasteiger partial charge is 0.464 e. The molecule has 0 aliphatic rings. The molecule has 1 aromatic heterocycles. The molecule has 0 saturated carbocycles. The van der Waals surface area contributed by atoms with Gasteiger partial charge in [0.15, 0.2) is 0 Å². The normalized spacial score (nSPS) is 11.2. The summed E-state index contributed by atoms with van der Waals surface area (Å²) in [4.78, 5) is 17.2. The number of nitrogens with one attached hydrogen (secondary N) is 1. The Balaban J connectivity index is 2.06. The number of ether oxygens (including phenoxy) is 1. The zero-order valence-electron chi connectivity index (χ0n) is 13.7. The van der Waals surface area contributed by atoms with Gasteiger partial charge in [-0.05, 0) is 41.8 Å². The van der Waals surface area contributed by atoms with Gasteiger partial charge in [0.25, 0.3) is 0 Å². The van der Waals surface area contributed by atoms with Gasteiger partial charge >= 0.3 is 5.97 Å². The summed E-state index contributed by atoms with van der Waals surface area (Å²) in [5.74, 6) is 0.102. The zero-order valence-corrected chi connectivity index (χ0v) is 15.3. The Morgan fingerprint density at radius 1 is 1.17 bits per heavy atom. The molecule has 0 amide bonds. The number of methoxy groups -OCH3 is 1. The zero-order chi connectivity index (χ0) is 17.3. The van der Waals surface area contributed by atoms with Crippen LogP contribution in [-0.2, 0) is 4.74 Å². The first-order valence-corrected chi connectivity index (χ1v) is 8.86. The van der Waals surface area contributed by atoms with Crippen LogP contribution in [0.5, 0.6) is 0 Å². The minimum Gasteiger partial charge on any atom is -0.464 e. The molecular weight excluding hydrogens is 342 g/mol. The highest BCUT2D eigenvalue weighted by molar-refractivity contribution is 7.99. The molecule has 24 heavy (non-hydrogen) atoms. The van der Waals surface area contributed by atoms with Crippen molar-refractivity contribution in [3.8, 4) is 0 Å². The van der Waals surface area contributed by atoms with Crippen LogP contribution >= 0.6 is 23.4 Å². The van der Waals surface area contributed by atoms with Gasteiger partial charge in [-0.3, -0.25) is 0 Å². The number of hydrogen-bond donors (Lipinski definition) is 1. The van der Waals surface area contributed by atoms with E-state index in [0.29, 0.717) is 16.6 Å². The van der Waals surface area contributed by atoms with E-state index in [2.05, 4.69) is 43.1 Å². The van der Waals surface area contributed by atoms with Crippen LogP contribution in [0, 0.1) is 0 Å². The second kappa shape index (κ2) is 6.91. The number of hydrogen-bond acceptors (Lipinski definition) is 3. The number of benzene rings is 2. The third-order valence-corrected chi connectivity index (χ3v) is 5.24. The topological polar surface area (TPSA) is 42.1 Å². The first-order chi connectivity index (χ1) is 11.5. The standard InChI is InChI=1S/C19H18ClNO2S/c1-11(2)12-4-7-14(8-5-12)24-18-15-10-13(20)6-9-16(15)21-17(18)19(22)23-3/h4-11,21H,1-3H3. The number of carbonyl (C=O) groups excluding carboxylic acids is 1. The summed E-state index contributed by atoms with van der Waals surface area (Å²) in [6, 6.07) is 13.9. The van der Waals surface area contributed by atoms with Crippen molar-refractivity contribution in [1.82, 2.24) is 4.98 Å². The second-order valence-corrected chi connectivity index (χ2v) is 7.36. The van der Waals surface area contributed by atoms with Gasteiger partial charge in [0.1, 0.15) is 5.69 Å². The molecule has 0 unspecified atom stereocenters. The van der Waals surface area contributed by atoms with Crippen LogP contribution in [0.15, 0.2) is 52.3 Å². The third-order valence-electron chi connectivity index (χ3n) is 3.87. The lowest BCUT2D eigenvalue weighted by molar-refractivity contribution is 0.0591. The molecule has 0 aliphatic carbocycles. The van der Waals surface area contributed by atoms with E-state index in [1.54, 1.807) is 6.07 Å². The fraction of sp³-hybridized carbons (Fsp3) is 0.211. The number of aromatic amines is 1. The summed E-state index contributed by atoms with van der Waals surface area (Å²) in [6.07, 6.45) is 0. The van der Waals surface area contributed by atoms with Crippen LogP contribution in [0.4, 0.5) is 0 Å². The average Bonchev–Trinajstić information content (AvgIpc) is 2.92. The Morgan fingerprint density at radius 2 is 1.88 bits per heavy atom. The second-order valence-electron chi connectivity index (χ2n) is 5.84. The van der Waals surface area contributed by atoms with E-state index in [1.807, 2.05) is 12.1 Å². The van der Waals surface area contributed by atoms with Gasteiger partial charge in [-0.15, -0.1) is 0 Å². The fourth-order valence-electron chi connectivity index (χ4n) is 2.53. The number of esters is 1. The van der Waals surface area contributed by atoms with Gasteiger partial charge in [-0.2, -0.15) is 0 Å². The molecule has 124 valence electrons. The molecule has 3 aromatic rings. The molecular formula is C19H18ClNO2S. The number of fused-ring (bicyclic) bond motifs is 1. The molecule has 1 N–H and O–H groups in total. The molecule has 0 aliphatic heterocycles. The van der Waals surface area contributed by atoms with Crippen molar-refractivity contribution in [2.45, 2.75) is 29.6 Å². The van der Waals surface area contributed by atoms with Gasteiger partial charge in [-0.25, -0.2) is 4.79 Å². The molecule has 5 heteroatoms. The molecule has 1 heterocycles. The van der Waals surface area contributed by atoms with Crippen molar-refractivity contribution in [2.24, 2.45) is 0 Å².